The Hall–Kier alpha value is -4.66. The Bertz CT molecular complexity index is 1930. The van der Waals surface area contributed by atoms with Crippen molar-refractivity contribution in [3.05, 3.63) is 52.5 Å². The minimum atomic E-state index is -5.08. The van der Waals surface area contributed by atoms with Crippen molar-refractivity contribution >= 4 is 46.8 Å². The Balaban J connectivity index is 0.00000216. The number of rotatable bonds is 24. The second-order valence-electron chi connectivity index (χ2n) is 18.9. The van der Waals surface area contributed by atoms with Crippen LogP contribution < -0.4 is 16.0 Å². The smallest absolute Gasteiger partial charge is 0.475 e. The molecule has 1 aliphatic heterocycles. The van der Waals surface area contributed by atoms with E-state index in [1.165, 1.54) is 16.2 Å². The van der Waals surface area contributed by atoms with Crippen LogP contribution in [-0.2, 0) is 44.7 Å². The maximum atomic E-state index is 14.6. The number of hydrogen-bond acceptors (Lipinski definition) is 11. The molecule has 9 unspecified atom stereocenters. The molecule has 2 heterocycles. The summed E-state index contributed by atoms with van der Waals surface area (Å²) in [5.74, 6) is -5.14. The molecule has 390 valence electrons. The molecule has 0 aliphatic carbocycles. The van der Waals surface area contributed by atoms with Crippen molar-refractivity contribution < 1.29 is 56.5 Å². The van der Waals surface area contributed by atoms with Crippen LogP contribution in [0.15, 0.2) is 41.9 Å². The largest absolute Gasteiger partial charge is 0.490 e. The van der Waals surface area contributed by atoms with Crippen LogP contribution in [0.5, 0.6) is 0 Å². The van der Waals surface area contributed by atoms with Crippen molar-refractivity contribution in [2.45, 2.75) is 149 Å². The van der Waals surface area contributed by atoms with Crippen molar-refractivity contribution in [1.82, 2.24) is 35.6 Å². The van der Waals surface area contributed by atoms with Crippen molar-refractivity contribution in [2.75, 3.05) is 41.9 Å². The molecule has 1 aromatic heterocycles. The molecule has 3 rings (SSSR count). The van der Waals surface area contributed by atoms with Gasteiger partial charge < -0.3 is 45.2 Å². The number of amides is 5. The van der Waals surface area contributed by atoms with E-state index < -0.39 is 60.3 Å². The molecule has 20 heteroatoms. The number of nitrogens with zero attached hydrogens (tertiary/aromatic N) is 4. The number of aromatic nitrogens is 1. The second kappa shape index (κ2) is 28.3. The molecule has 69 heavy (non-hydrogen) atoms. The number of hydrogen-bond donors (Lipinski definition) is 4. The number of alkyl halides is 3. The van der Waals surface area contributed by atoms with E-state index in [2.05, 4.69) is 20.9 Å². The molecule has 2 aromatic rings. The van der Waals surface area contributed by atoms with E-state index >= 15 is 0 Å². The van der Waals surface area contributed by atoms with Gasteiger partial charge in [0.15, 0.2) is 0 Å². The summed E-state index contributed by atoms with van der Waals surface area (Å²) in [6.07, 6.45) is -1.86. The lowest BCUT2D eigenvalue weighted by Crippen LogP contribution is -2.61. The lowest BCUT2D eigenvalue weighted by atomic mass is 9.89. The summed E-state index contributed by atoms with van der Waals surface area (Å²) in [5, 5.41) is 19.2. The number of benzene rings is 1. The van der Waals surface area contributed by atoms with Gasteiger partial charge in [-0.15, -0.1) is 11.3 Å². The molecular formula is C49H78F3N7O9S. The molecule has 1 saturated heterocycles. The number of carboxylic acids is 1. The van der Waals surface area contributed by atoms with Crippen molar-refractivity contribution in [1.29, 1.82) is 0 Å². The zero-order chi connectivity index (χ0) is 52.5. The molecule has 16 nitrogen and oxygen atoms in total. The highest BCUT2D eigenvalue weighted by atomic mass is 32.1. The Labute approximate surface area is 410 Å². The summed E-state index contributed by atoms with van der Waals surface area (Å²) < 4.78 is 43.9. The Kier molecular flexibility index (Phi) is 24.8. The zero-order valence-corrected chi connectivity index (χ0v) is 43.7. The maximum absolute atomic E-state index is 14.6. The normalized spacial score (nSPS) is 17.9. The van der Waals surface area contributed by atoms with E-state index in [1.54, 1.807) is 46.5 Å². The highest BCUT2D eigenvalue weighted by molar-refractivity contribution is 7.09. The third-order valence-electron chi connectivity index (χ3n) is 13.0. The van der Waals surface area contributed by atoms with Gasteiger partial charge in [0.05, 0.1) is 48.7 Å². The number of thiazole rings is 1. The van der Waals surface area contributed by atoms with Crippen LogP contribution in [0.1, 0.15) is 105 Å². The molecular weight excluding hydrogens is 920 g/mol. The van der Waals surface area contributed by atoms with Gasteiger partial charge in [0.2, 0.25) is 29.5 Å². The topological polar surface area (TPSA) is 200 Å². The van der Waals surface area contributed by atoms with Crippen LogP contribution >= 0.6 is 11.3 Å². The minimum Gasteiger partial charge on any atom is -0.475 e. The fraction of sp³-hybridized carbons (Fsp3) is 0.694. The number of carbonyl (C=O) groups excluding carboxylic acids is 5. The van der Waals surface area contributed by atoms with Crippen LogP contribution in [0.3, 0.4) is 0 Å². The first-order valence-electron chi connectivity index (χ1n) is 23.7. The number of methoxy groups -OCH3 is 2. The summed E-state index contributed by atoms with van der Waals surface area (Å²) in [5.41, 5.74) is 1.08. The number of likely N-dealkylation sites (tertiary alicyclic amines) is 1. The highest BCUT2D eigenvalue weighted by Gasteiger charge is 2.44. The van der Waals surface area contributed by atoms with Crippen molar-refractivity contribution in [3.8, 4) is 0 Å². The van der Waals surface area contributed by atoms with E-state index in [9.17, 15) is 37.1 Å². The molecule has 10 atom stereocenters. The summed E-state index contributed by atoms with van der Waals surface area (Å²) in [6.45, 7) is 17.9. The van der Waals surface area contributed by atoms with Gasteiger partial charge in [-0.1, -0.05) is 99.1 Å². The maximum Gasteiger partial charge on any atom is 0.490 e. The first-order chi connectivity index (χ1) is 32.3. The average Bonchev–Trinajstić information content (AvgIpc) is 4.01. The summed E-state index contributed by atoms with van der Waals surface area (Å²) in [7, 11) is 8.23. The van der Waals surface area contributed by atoms with E-state index in [1.807, 2.05) is 103 Å². The lowest BCUT2D eigenvalue weighted by molar-refractivity contribution is -0.192. The zero-order valence-electron chi connectivity index (χ0n) is 42.8. The van der Waals surface area contributed by atoms with Gasteiger partial charge in [-0.3, -0.25) is 24.0 Å². The first kappa shape index (κ1) is 60.5. The molecule has 0 saturated carbocycles. The number of ether oxygens (including phenoxy) is 2. The fourth-order valence-corrected chi connectivity index (χ4v) is 9.75. The third kappa shape index (κ3) is 17.0. The van der Waals surface area contributed by atoms with Crippen molar-refractivity contribution in [3.63, 3.8) is 0 Å². The van der Waals surface area contributed by atoms with Crippen LogP contribution in [0, 0.1) is 29.6 Å². The van der Waals surface area contributed by atoms with Gasteiger partial charge in [-0.05, 0) is 55.5 Å². The van der Waals surface area contributed by atoms with Gasteiger partial charge >= 0.3 is 12.1 Å². The highest BCUT2D eigenvalue weighted by Crippen LogP contribution is 2.31. The van der Waals surface area contributed by atoms with Gasteiger partial charge in [0.25, 0.3) is 0 Å². The molecule has 1 aliphatic rings. The predicted molar refractivity (Wildman–Crippen MR) is 259 cm³/mol. The van der Waals surface area contributed by atoms with Gasteiger partial charge in [0.1, 0.15) is 17.1 Å². The Morgan fingerprint density at radius 3 is 1.91 bits per heavy atom. The standard InChI is InChI=1S/C47H77N7O7S.C2HF3O2/c1-15-31(8)41(53(12)47(59)39(29(4)5)51-44(57)40(30(6)7)52(11)46(58)38(48-10)28(2)3)36(60-13)27-37(55)54-24-19-22-35(54)42(61-14)32(9)43(56)50-34(45-49-23-25-62-45)26-33-20-17-16-18-21-33;3-2(4,5)1(6)7/h16-18,20-21,23,25,28-32,34-36,38-42,48H,15,19,22,24,26-27H2,1-14H3,(H,50,56)(H,51,57);(H,6,7)/t31?,32?,34?,35-,36?,38?,39?,40?,41?,42?;/m0./s1. The quantitative estimate of drug-likeness (QED) is 0.0968. The molecule has 1 fully saturated rings. The molecule has 0 spiro atoms. The van der Waals surface area contributed by atoms with Crippen LogP contribution in [0.2, 0.25) is 0 Å². The van der Waals surface area contributed by atoms with Crippen LogP contribution in [-0.4, -0.2) is 151 Å². The average molecular weight is 998 g/mol. The lowest BCUT2D eigenvalue weighted by Gasteiger charge is -2.41. The number of carboxylic acid groups (broad SMARTS) is 1. The second-order valence-corrected chi connectivity index (χ2v) is 19.8. The predicted octanol–water partition coefficient (Wildman–Crippen LogP) is 5.96. The first-order valence-corrected chi connectivity index (χ1v) is 24.6. The monoisotopic (exact) mass is 998 g/mol. The summed E-state index contributed by atoms with van der Waals surface area (Å²) in [6, 6.07) is 6.63. The number of halogens is 3. The van der Waals surface area contributed by atoms with Gasteiger partial charge in [-0.2, -0.15) is 13.2 Å². The molecule has 1 aromatic carbocycles. The van der Waals surface area contributed by atoms with E-state index in [0.29, 0.717) is 25.8 Å². The van der Waals surface area contributed by atoms with E-state index in [4.69, 9.17) is 19.4 Å². The van der Waals surface area contributed by atoms with Gasteiger partial charge in [0, 0.05) is 46.4 Å². The Morgan fingerprint density at radius 1 is 0.870 bits per heavy atom. The molecule has 0 radical (unpaired) electrons. The third-order valence-corrected chi connectivity index (χ3v) is 13.9. The summed E-state index contributed by atoms with van der Waals surface area (Å²) in [4.78, 5) is 88.9. The van der Waals surface area contributed by atoms with Crippen LogP contribution in [0.25, 0.3) is 0 Å². The number of carbonyl (C=O) groups is 6. The molecule has 5 amide bonds. The van der Waals surface area contributed by atoms with Crippen molar-refractivity contribution in [2.24, 2.45) is 29.6 Å². The van der Waals surface area contributed by atoms with Gasteiger partial charge in [-0.25, -0.2) is 9.78 Å². The van der Waals surface area contributed by atoms with E-state index in [0.717, 1.165) is 17.0 Å². The Morgan fingerprint density at radius 2 is 1.45 bits per heavy atom. The molecule has 0 bridgehead atoms. The molecule has 4 N–H and O–H groups in total. The fourth-order valence-electron chi connectivity index (χ4n) is 9.06. The van der Waals surface area contributed by atoms with E-state index in [-0.39, 0.29) is 65.8 Å². The number of aliphatic carboxylic acids is 1. The number of likely N-dealkylation sites (N-methyl/N-ethyl adjacent to an activating group) is 3. The summed E-state index contributed by atoms with van der Waals surface area (Å²) >= 11 is 1.50. The minimum absolute atomic E-state index is 0.00332. The van der Waals surface area contributed by atoms with Crippen LogP contribution in [0.4, 0.5) is 13.2 Å². The SMILES string of the molecule is CCC(C)C(C(CC(=O)N1CCC[C@H]1C(OC)C(C)C(=O)NC(Cc1ccccc1)c1nccs1)OC)N(C)C(=O)C(NC(=O)C(C(C)C)N(C)C(=O)C(NC)C(C)C)C(C)C.O=C(O)C(F)(F)F. The number of nitrogens with one attached hydrogen (secondary N) is 3.